The Kier molecular flexibility index (Phi) is 5.17. The van der Waals surface area contributed by atoms with Crippen LogP contribution in [0.3, 0.4) is 0 Å². The van der Waals surface area contributed by atoms with Crippen LogP contribution < -0.4 is 0 Å². The molecule has 1 spiro atoms. The van der Waals surface area contributed by atoms with Crippen LogP contribution in [0.2, 0.25) is 0 Å². The molecule has 2 nitrogen and oxygen atoms in total. The Bertz CT molecular complexity index is 813. The molecule has 0 heterocycles. The second kappa shape index (κ2) is 7.31. The molecular formula is C29H44O2. The Labute approximate surface area is 190 Å². The maximum atomic E-state index is 12.8. The molecule has 5 rings (SSSR count). The van der Waals surface area contributed by atoms with Gasteiger partial charge in [-0.1, -0.05) is 44.1 Å². The molecule has 5 aliphatic carbocycles. The fraction of sp³-hybridized carbons (Fsp3) is 0.828. The molecule has 4 saturated carbocycles. The van der Waals surface area contributed by atoms with Crippen LogP contribution in [0.25, 0.3) is 0 Å². The summed E-state index contributed by atoms with van der Waals surface area (Å²) in [5.74, 6) is 4.27. The van der Waals surface area contributed by atoms with Crippen LogP contribution in [0.15, 0.2) is 23.3 Å². The molecule has 2 heteroatoms. The minimum atomic E-state index is -0.299. The first-order valence-electron chi connectivity index (χ1n) is 13.2. The predicted octanol–water partition coefficient (Wildman–Crippen LogP) is 6.88. The summed E-state index contributed by atoms with van der Waals surface area (Å²) in [6.45, 7) is 11.7. The van der Waals surface area contributed by atoms with Gasteiger partial charge in [-0.3, -0.25) is 4.79 Å². The van der Waals surface area contributed by atoms with Crippen molar-refractivity contribution >= 4 is 5.78 Å². The second-order valence-electron chi connectivity index (χ2n) is 12.9. The van der Waals surface area contributed by atoms with Crippen LogP contribution >= 0.6 is 0 Å². The van der Waals surface area contributed by atoms with Gasteiger partial charge in [0, 0.05) is 6.42 Å². The molecule has 1 N–H and O–H groups in total. The summed E-state index contributed by atoms with van der Waals surface area (Å²) >= 11 is 0. The van der Waals surface area contributed by atoms with Gasteiger partial charge in [-0.2, -0.15) is 0 Å². The van der Waals surface area contributed by atoms with Gasteiger partial charge in [0.15, 0.2) is 0 Å². The fourth-order valence-corrected chi connectivity index (χ4v) is 9.57. The van der Waals surface area contributed by atoms with Crippen molar-refractivity contribution in [3.63, 3.8) is 0 Å². The van der Waals surface area contributed by atoms with E-state index in [2.05, 4.69) is 40.7 Å². The summed E-state index contributed by atoms with van der Waals surface area (Å²) in [7, 11) is 0. The number of ketones is 1. The molecule has 172 valence electrons. The largest absolute Gasteiger partial charge is 0.389 e. The standard InChI is InChI=1S/C29H44O2/c1-18(2)16-20(30)17-19(3)22-7-8-23-21-6-9-25-28(5,24(21)10-12-27(22,23)4)13-11-26(31)29(25)14-15-29/h9,16,19-24,30H,6-8,10-15,17H2,1-5H3/t19-,20+,21+,22-,23+,24+,27-,28-/m1/s1. The van der Waals surface area contributed by atoms with Gasteiger partial charge >= 0.3 is 0 Å². The minimum absolute atomic E-state index is 0.0213. The third-order valence-electron chi connectivity index (χ3n) is 11.0. The number of carbonyl (C=O) groups is 1. The molecule has 31 heavy (non-hydrogen) atoms. The number of hydrogen-bond acceptors (Lipinski definition) is 2. The summed E-state index contributed by atoms with van der Waals surface area (Å²) in [5, 5.41) is 10.5. The maximum Gasteiger partial charge on any atom is 0.143 e. The highest BCUT2D eigenvalue weighted by Crippen LogP contribution is 2.72. The minimum Gasteiger partial charge on any atom is -0.389 e. The van der Waals surface area contributed by atoms with Crippen molar-refractivity contribution in [2.75, 3.05) is 0 Å². The third kappa shape index (κ3) is 3.17. The third-order valence-corrected chi connectivity index (χ3v) is 11.0. The Balaban J connectivity index is 1.38. The van der Waals surface area contributed by atoms with Crippen molar-refractivity contribution in [2.45, 2.75) is 105 Å². The first-order chi connectivity index (χ1) is 14.6. The summed E-state index contributed by atoms with van der Waals surface area (Å²) < 4.78 is 0. The van der Waals surface area contributed by atoms with Crippen molar-refractivity contribution < 1.29 is 9.90 Å². The highest BCUT2D eigenvalue weighted by molar-refractivity contribution is 5.92. The van der Waals surface area contributed by atoms with Gasteiger partial charge in [-0.15, -0.1) is 0 Å². The zero-order valence-corrected chi connectivity index (χ0v) is 20.5. The van der Waals surface area contributed by atoms with E-state index >= 15 is 0 Å². The van der Waals surface area contributed by atoms with Crippen molar-refractivity contribution in [1.82, 2.24) is 0 Å². The van der Waals surface area contributed by atoms with Crippen molar-refractivity contribution in [1.29, 1.82) is 0 Å². The summed E-state index contributed by atoms with van der Waals surface area (Å²) in [6, 6.07) is 0. The zero-order chi connectivity index (χ0) is 22.2. The molecule has 0 bridgehead atoms. The molecule has 8 atom stereocenters. The lowest BCUT2D eigenvalue weighted by Gasteiger charge is -2.59. The van der Waals surface area contributed by atoms with Gasteiger partial charge in [0.05, 0.1) is 11.5 Å². The van der Waals surface area contributed by atoms with E-state index in [0.717, 1.165) is 55.8 Å². The van der Waals surface area contributed by atoms with Gasteiger partial charge in [0.25, 0.3) is 0 Å². The average molecular weight is 425 g/mol. The lowest BCUT2D eigenvalue weighted by atomic mass is 9.45. The van der Waals surface area contributed by atoms with E-state index < -0.39 is 0 Å². The number of rotatable bonds is 4. The Morgan fingerprint density at radius 1 is 1.13 bits per heavy atom. The summed E-state index contributed by atoms with van der Waals surface area (Å²) in [4.78, 5) is 12.8. The van der Waals surface area contributed by atoms with Crippen LogP contribution in [-0.2, 0) is 4.79 Å². The number of aliphatic hydroxyl groups is 1. The summed E-state index contributed by atoms with van der Waals surface area (Å²) in [5.41, 5.74) is 3.47. The van der Waals surface area contributed by atoms with E-state index in [1.165, 1.54) is 37.7 Å². The van der Waals surface area contributed by atoms with E-state index in [4.69, 9.17) is 0 Å². The molecule has 0 unspecified atom stereocenters. The predicted molar refractivity (Wildman–Crippen MR) is 126 cm³/mol. The van der Waals surface area contributed by atoms with E-state index in [1.54, 1.807) is 5.57 Å². The molecular weight excluding hydrogens is 380 g/mol. The van der Waals surface area contributed by atoms with Crippen LogP contribution in [0.5, 0.6) is 0 Å². The topological polar surface area (TPSA) is 37.3 Å². The highest BCUT2D eigenvalue weighted by Gasteiger charge is 2.65. The number of allylic oxidation sites excluding steroid dienone is 3. The molecule has 0 aliphatic heterocycles. The first kappa shape index (κ1) is 21.9. The number of aliphatic hydroxyl groups excluding tert-OH is 1. The zero-order valence-electron chi connectivity index (χ0n) is 20.5. The molecule has 0 saturated heterocycles. The van der Waals surface area contributed by atoms with E-state index in [9.17, 15) is 9.90 Å². The molecule has 5 aliphatic rings. The monoisotopic (exact) mass is 424 g/mol. The number of Topliss-reactive ketones (excluding diaryl/α,β-unsaturated/α-hetero) is 1. The van der Waals surface area contributed by atoms with Crippen LogP contribution in [0.1, 0.15) is 98.8 Å². The van der Waals surface area contributed by atoms with Crippen LogP contribution in [0.4, 0.5) is 0 Å². The lowest BCUT2D eigenvalue weighted by molar-refractivity contribution is -0.128. The highest BCUT2D eigenvalue weighted by atomic mass is 16.3. The van der Waals surface area contributed by atoms with Gasteiger partial charge < -0.3 is 5.11 Å². The molecule has 4 fully saturated rings. The SMILES string of the molecule is CC(C)=C[C@H](O)C[C@@H](C)[C@H]1CC[C@H]2[C@@H]3CC=C4C5(CC5)C(=O)CC[C@]4(C)[C@H]3CC[C@]12C. The lowest BCUT2D eigenvalue weighted by Crippen LogP contribution is -2.52. The first-order valence-corrected chi connectivity index (χ1v) is 13.2. The number of fused-ring (bicyclic) bond motifs is 6. The van der Waals surface area contributed by atoms with Crippen molar-refractivity contribution in [3.8, 4) is 0 Å². The smallest absolute Gasteiger partial charge is 0.143 e. The van der Waals surface area contributed by atoms with Gasteiger partial charge in [0.2, 0.25) is 0 Å². The van der Waals surface area contributed by atoms with Crippen LogP contribution in [0, 0.1) is 45.8 Å². The van der Waals surface area contributed by atoms with Gasteiger partial charge in [-0.25, -0.2) is 0 Å². The molecule has 0 amide bonds. The van der Waals surface area contributed by atoms with Gasteiger partial charge in [-0.05, 0) is 112 Å². The average Bonchev–Trinajstić information content (AvgIpc) is 3.39. The molecule has 0 aromatic carbocycles. The van der Waals surface area contributed by atoms with Gasteiger partial charge in [0.1, 0.15) is 5.78 Å². The van der Waals surface area contributed by atoms with Crippen molar-refractivity contribution in [2.24, 2.45) is 45.8 Å². The molecule has 0 radical (unpaired) electrons. The van der Waals surface area contributed by atoms with Crippen molar-refractivity contribution in [3.05, 3.63) is 23.3 Å². The number of hydrogen-bond donors (Lipinski definition) is 1. The Morgan fingerprint density at radius 2 is 1.87 bits per heavy atom. The fourth-order valence-electron chi connectivity index (χ4n) is 9.57. The number of carbonyl (C=O) groups excluding carboxylic acids is 1. The van der Waals surface area contributed by atoms with E-state index in [1.807, 2.05) is 6.08 Å². The Morgan fingerprint density at radius 3 is 2.55 bits per heavy atom. The second-order valence-corrected chi connectivity index (χ2v) is 12.9. The normalized spacial score (nSPS) is 44.6. The van der Waals surface area contributed by atoms with E-state index in [-0.39, 0.29) is 16.9 Å². The quantitative estimate of drug-likeness (QED) is 0.500. The molecule has 0 aromatic heterocycles. The Hall–Kier alpha value is -0.890. The van der Waals surface area contributed by atoms with E-state index in [0.29, 0.717) is 17.1 Å². The summed E-state index contributed by atoms with van der Waals surface area (Å²) in [6.07, 6.45) is 16.0. The maximum absolute atomic E-state index is 12.8. The molecule has 0 aromatic rings. The van der Waals surface area contributed by atoms with Crippen LogP contribution in [-0.4, -0.2) is 17.0 Å².